The van der Waals surface area contributed by atoms with Crippen LogP contribution in [0.3, 0.4) is 0 Å². The Morgan fingerprint density at radius 2 is 1.94 bits per heavy atom. The van der Waals surface area contributed by atoms with Gasteiger partial charge in [0.25, 0.3) is 0 Å². The molecule has 0 saturated carbocycles. The summed E-state index contributed by atoms with van der Waals surface area (Å²) in [6.45, 7) is 0. The molecule has 6 nitrogen and oxygen atoms in total. The summed E-state index contributed by atoms with van der Waals surface area (Å²) in [5.41, 5.74) is 1.00. The van der Waals surface area contributed by atoms with Crippen LogP contribution >= 0.6 is 0 Å². The Morgan fingerprint density at radius 1 is 1.22 bits per heavy atom. The number of methoxy groups -OCH3 is 1. The Kier molecular flexibility index (Phi) is 3.13. The minimum absolute atomic E-state index is 0.0773. The average molecular weight is 239 g/mol. The lowest BCUT2D eigenvalue weighted by Crippen LogP contribution is -1.92. The van der Waals surface area contributed by atoms with Gasteiger partial charge in [0.05, 0.1) is 7.11 Å². The topological polar surface area (TPSA) is 97.5 Å². The van der Waals surface area contributed by atoms with Gasteiger partial charge in [-0.05, 0) is 24.3 Å². The van der Waals surface area contributed by atoms with Crippen LogP contribution in [0.25, 0.3) is 0 Å². The van der Waals surface area contributed by atoms with Crippen molar-refractivity contribution in [3.8, 4) is 17.9 Å². The normalized spacial score (nSPS) is 9.28. The van der Waals surface area contributed by atoms with Gasteiger partial charge in [-0.15, -0.1) is 0 Å². The molecule has 0 bridgehead atoms. The minimum Gasteiger partial charge on any atom is -0.497 e. The molecular weight excluding hydrogens is 230 g/mol. The molecule has 0 saturated heterocycles. The molecule has 2 aromatic rings. The molecule has 0 amide bonds. The zero-order valence-corrected chi connectivity index (χ0v) is 9.56. The van der Waals surface area contributed by atoms with E-state index in [2.05, 4.69) is 15.3 Å². The molecule has 2 N–H and O–H groups in total. The monoisotopic (exact) mass is 239 g/mol. The molecule has 0 aliphatic rings. The third-order valence-electron chi connectivity index (χ3n) is 2.27. The highest BCUT2D eigenvalue weighted by molar-refractivity contribution is 5.56. The fourth-order valence-electron chi connectivity index (χ4n) is 1.41. The van der Waals surface area contributed by atoms with E-state index in [0.29, 0.717) is 5.95 Å². The number of aromatic nitrogens is 2. The Labute approximate surface area is 103 Å². The summed E-state index contributed by atoms with van der Waals surface area (Å²) in [5.74, 6) is 1.10. The number of aromatic amines is 1. The first-order chi connectivity index (χ1) is 8.76. The highest BCUT2D eigenvalue weighted by Gasteiger charge is 2.08. The van der Waals surface area contributed by atoms with Crippen molar-refractivity contribution >= 4 is 11.6 Å². The second-order valence-electron chi connectivity index (χ2n) is 3.39. The Morgan fingerprint density at radius 3 is 2.44 bits per heavy atom. The quantitative estimate of drug-likeness (QED) is 0.852. The largest absolute Gasteiger partial charge is 0.497 e. The molecule has 1 aromatic heterocycles. The number of hydrogen-bond acceptors (Lipinski definition) is 5. The molecule has 88 valence electrons. The number of anilines is 2. The van der Waals surface area contributed by atoms with Gasteiger partial charge in [-0.3, -0.25) is 0 Å². The number of nitriles is 2. The van der Waals surface area contributed by atoms with Crippen molar-refractivity contribution in [2.75, 3.05) is 12.4 Å². The van der Waals surface area contributed by atoms with Crippen molar-refractivity contribution in [3.63, 3.8) is 0 Å². The lowest BCUT2D eigenvalue weighted by molar-refractivity contribution is 0.415. The summed E-state index contributed by atoms with van der Waals surface area (Å²) in [6.07, 6.45) is 0. The van der Waals surface area contributed by atoms with Gasteiger partial charge < -0.3 is 15.0 Å². The van der Waals surface area contributed by atoms with Crippen LogP contribution in [-0.2, 0) is 0 Å². The SMILES string of the molecule is COc1ccc(Nc2nc(C#N)c(C#N)[nH]2)cc1. The molecule has 18 heavy (non-hydrogen) atoms. The van der Waals surface area contributed by atoms with E-state index < -0.39 is 0 Å². The number of hydrogen-bond donors (Lipinski definition) is 2. The second kappa shape index (κ2) is 4.89. The van der Waals surface area contributed by atoms with Crippen molar-refractivity contribution in [1.82, 2.24) is 9.97 Å². The smallest absolute Gasteiger partial charge is 0.207 e. The van der Waals surface area contributed by atoms with Gasteiger partial charge in [0.15, 0.2) is 11.4 Å². The summed E-state index contributed by atoms with van der Waals surface area (Å²) >= 11 is 0. The number of nitrogens with zero attached hydrogens (tertiary/aromatic N) is 3. The van der Waals surface area contributed by atoms with Crippen LogP contribution < -0.4 is 10.1 Å². The molecule has 0 aliphatic heterocycles. The summed E-state index contributed by atoms with van der Waals surface area (Å²) in [7, 11) is 1.59. The lowest BCUT2D eigenvalue weighted by Gasteiger charge is -2.03. The van der Waals surface area contributed by atoms with Crippen molar-refractivity contribution in [2.45, 2.75) is 0 Å². The van der Waals surface area contributed by atoms with Crippen LogP contribution in [0.2, 0.25) is 0 Å². The molecule has 2 rings (SSSR count). The van der Waals surface area contributed by atoms with Crippen LogP contribution in [-0.4, -0.2) is 17.1 Å². The highest BCUT2D eigenvalue weighted by Crippen LogP contribution is 2.18. The number of imidazole rings is 1. The number of nitrogens with one attached hydrogen (secondary N) is 2. The van der Waals surface area contributed by atoms with Crippen molar-refractivity contribution < 1.29 is 4.74 Å². The van der Waals surface area contributed by atoms with Gasteiger partial charge in [-0.2, -0.15) is 10.5 Å². The van der Waals surface area contributed by atoms with E-state index in [1.807, 2.05) is 12.1 Å². The molecule has 0 radical (unpaired) electrons. The first-order valence-electron chi connectivity index (χ1n) is 5.08. The van der Waals surface area contributed by atoms with E-state index in [4.69, 9.17) is 15.3 Å². The zero-order chi connectivity index (χ0) is 13.0. The van der Waals surface area contributed by atoms with Crippen LogP contribution in [0.5, 0.6) is 5.75 Å². The molecule has 0 spiro atoms. The summed E-state index contributed by atoms with van der Waals surface area (Å²) in [5, 5.41) is 20.5. The molecule has 1 aromatic carbocycles. The maximum Gasteiger partial charge on any atom is 0.207 e. The van der Waals surface area contributed by atoms with E-state index in [-0.39, 0.29) is 11.4 Å². The standard InChI is InChI=1S/C12H9N5O/c1-18-9-4-2-8(3-5-9)15-12-16-10(6-13)11(7-14)17-12/h2-5H,1H3,(H2,15,16,17). The van der Waals surface area contributed by atoms with Crippen LogP contribution in [0, 0.1) is 22.7 Å². The molecular formula is C12H9N5O. The van der Waals surface area contributed by atoms with Gasteiger partial charge in [-0.1, -0.05) is 0 Å². The Balaban J connectivity index is 2.21. The minimum atomic E-state index is 0.0773. The maximum atomic E-state index is 8.78. The molecule has 0 fully saturated rings. The summed E-state index contributed by atoms with van der Waals surface area (Å²) < 4.78 is 5.04. The van der Waals surface area contributed by atoms with E-state index in [9.17, 15) is 0 Å². The lowest BCUT2D eigenvalue weighted by atomic mass is 10.3. The number of rotatable bonds is 3. The van der Waals surface area contributed by atoms with Crippen LogP contribution in [0.4, 0.5) is 11.6 Å². The van der Waals surface area contributed by atoms with Crippen molar-refractivity contribution in [2.24, 2.45) is 0 Å². The van der Waals surface area contributed by atoms with Gasteiger partial charge in [0.1, 0.15) is 17.9 Å². The Hall–Kier alpha value is -2.99. The average Bonchev–Trinajstić information content (AvgIpc) is 2.81. The highest BCUT2D eigenvalue weighted by atomic mass is 16.5. The van der Waals surface area contributed by atoms with Crippen LogP contribution in [0.15, 0.2) is 24.3 Å². The Bertz CT molecular complexity index is 598. The molecule has 6 heteroatoms. The van der Waals surface area contributed by atoms with E-state index in [1.54, 1.807) is 31.4 Å². The van der Waals surface area contributed by atoms with Gasteiger partial charge in [-0.25, -0.2) is 4.98 Å². The van der Waals surface area contributed by atoms with Gasteiger partial charge >= 0.3 is 0 Å². The number of benzene rings is 1. The van der Waals surface area contributed by atoms with E-state index >= 15 is 0 Å². The first kappa shape index (κ1) is 11.5. The third-order valence-corrected chi connectivity index (χ3v) is 2.27. The molecule has 0 unspecified atom stereocenters. The third kappa shape index (κ3) is 2.23. The second-order valence-corrected chi connectivity index (χ2v) is 3.39. The van der Waals surface area contributed by atoms with Gasteiger partial charge in [0, 0.05) is 5.69 Å². The number of H-pyrrole nitrogens is 1. The summed E-state index contributed by atoms with van der Waals surface area (Å²) in [6, 6.07) is 10.9. The predicted octanol–water partition coefficient (Wildman–Crippen LogP) is 1.91. The fourth-order valence-corrected chi connectivity index (χ4v) is 1.41. The molecule has 0 atom stereocenters. The fraction of sp³-hybridized carbons (Fsp3) is 0.0833. The molecule has 1 heterocycles. The van der Waals surface area contributed by atoms with Gasteiger partial charge in [0.2, 0.25) is 5.95 Å². The molecule has 0 aliphatic carbocycles. The van der Waals surface area contributed by atoms with Crippen LogP contribution in [0.1, 0.15) is 11.4 Å². The zero-order valence-electron chi connectivity index (χ0n) is 9.56. The van der Waals surface area contributed by atoms with E-state index in [1.165, 1.54) is 0 Å². The van der Waals surface area contributed by atoms with Crippen molar-refractivity contribution in [3.05, 3.63) is 35.7 Å². The van der Waals surface area contributed by atoms with Crippen molar-refractivity contribution in [1.29, 1.82) is 10.5 Å². The summed E-state index contributed by atoms with van der Waals surface area (Å²) in [4.78, 5) is 6.68. The van der Waals surface area contributed by atoms with E-state index in [0.717, 1.165) is 11.4 Å². The first-order valence-corrected chi connectivity index (χ1v) is 5.08. The maximum absolute atomic E-state index is 8.78. The number of ether oxygens (including phenoxy) is 1. The predicted molar refractivity (Wildman–Crippen MR) is 64.3 cm³/mol.